The zero-order valence-corrected chi connectivity index (χ0v) is 14.5. The number of aliphatic hydroxyl groups is 1. The summed E-state index contributed by atoms with van der Waals surface area (Å²) in [7, 11) is 0. The summed E-state index contributed by atoms with van der Waals surface area (Å²) in [5.41, 5.74) is 1.21. The number of hydrogen-bond donors (Lipinski definition) is 1. The van der Waals surface area contributed by atoms with Gasteiger partial charge in [0.1, 0.15) is 5.82 Å². The van der Waals surface area contributed by atoms with Crippen LogP contribution < -0.4 is 0 Å². The molecule has 0 aromatic heterocycles. The lowest BCUT2D eigenvalue weighted by molar-refractivity contribution is 0.176. The van der Waals surface area contributed by atoms with Gasteiger partial charge in [-0.2, -0.15) is 0 Å². The van der Waals surface area contributed by atoms with E-state index in [1.807, 2.05) is 18.2 Å². The number of halogens is 4. The van der Waals surface area contributed by atoms with Crippen LogP contribution in [0.4, 0.5) is 4.39 Å². The van der Waals surface area contributed by atoms with E-state index < -0.39 is 6.10 Å². The van der Waals surface area contributed by atoms with Crippen LogP contribution in [0.3, 0.4) is 0 Å². The first-order valence-corrected chi connectivity index (χ1v) is 7.92. The second-order valence-corrected chi connectivity index (χ2v) is 6.81. The molecule has 2 aromatic rings. The molecular weight excluding hydrogens is 443 g/mol. The zero-order valence-electron chi connectivity index (χ0n) is 9.71. The van der Waals surface area contributed by atoms with E-state index in [0.717, 1.165) is 19.0 Å². The minimum Gasteiger partial charge on any atom is -0.388 e. The summed E-state index contributed by atoms with van der Waals surface area (Å²) in [6.45, 7) is 0. The zero-order chi connectivity index (χ0) is 14.0. The van der Waals surface area contributed by atoms with E-state index in [-0.39, 0.29) is 12.2 Å². The van der Waals surface area contributed by atoms with Gasteiger partial charge in [-0.25, -0.2) is 4.39 Å². The Balaban J connectivity index is 2.27. The molecule has 1 nitrogen and oxygen atoms in total. The second-order valence-electron chi connectivity index (χ2n) is 4.12. The van der Waals surface area contributed by atoms with Gasteiger partial charge in [-0.05, 0) is 47.5 Å². The summed E-state index contributed by atoms with van der Waals surface area (Å²) in [5.74, 6) is -0.312. The van der Waals surface area contributed by atoms with Gasteiger partial charge in [0.25, 0.3) is 0 Å². The molecule has 0 spiro atoms. The van der Waals surface area contributed by atoms with Gasteiger partial charge in [-0.15, -0.1) is 0 Å². The third kappa shape index (κ3) is 3.88. The van der Waals surface area contributed by atoms with Crippen molar-refractivity contribution < 1.29 is 9.50 Å². The molecule has 0 amide bonds. The fourth-order valence-corrected chi connectivity index (χ4v) is 3.09. The van der Waals surface area contributed by atoms with Crippen molar-refractivity contribution in [1.82, 2.24) is 0 Å². The Bertz CT molecular complexity index is 601. The fraction of sp³-hybridized carbons (Fsp3) is 0.143. The van der Waals surface area contributed by atoms with E-state index in [1.165, 1.54) is 6.07 Å². The highest BCUT2D eigenvalue weighted by Crippen LogP contribution is 2.30. The molecule has 2 rings (SSSR count). The maximum atomic E-state index is 13.7. The molecule has 1 N–H and O–H groups in total. The molecule has 0 saturated carbocycles. The number of rotatable bonds is 3. The van der Waals surface area contributed by atoms with Crippen molar-refractivity contribution in [3.8, 4) is 0 Å². The van der Waals surface area contributed by atoms with Gasteiger partial charge in [0, 0.05) is 19.8 Å². The maximum absolute atomic E-state index is 13.7. The Hall–Kier alpha value is -0.230. The summed E-state index contributed by atoms with van der Waals surface area (Å²) in [6.07, 6.45) is -0.545. The molecule has 0 aliphatic heterocycles. The Morgan fingerprint density at radius 1 is 1.00 bits per heavy atom. The average Bonchev–Trinajstić information content (AvgIpc) is 2.36. The lowest BCUT2D eigenvalue weighted by atomic mass is 10.0. The van der Waals surface area contributed by atoms with Crippen molar-refractivity contribution in [3.05, 3.63) is 66.8 Å². The van der Waals surface area contributed by atoms with Crippen molar-refractivity contribution in [2.75, 3.05) is 0 Å². The molecule has 19 heavy (non-hydrogen) atoms. The third-order valence-corrected chi connectivity index (χ3v) is 4.45. The van der Waals surface area contributed by atoms with Gasteiger partial charge >= 0.3 is 0 Å². The van der Waals surface area contributed by atoms with Gasteiger partial charge in [-0.1, -0.05) is 47.8 Å². The average molecular weight is 453 g/mol. The van der Waals surface area contributed by atoms with Crippen LogP contribution in [-0.4, -0.2) is 5.11 Å². The first kappa shape index (κ1) is 15.2. The molecule has 0 aliphatic rings. The molecule has 0 bridgehead atoms. The standard InChI is InChI=1S/C14H10Br3FO/c15-9-2-4-13(18)8(5-9)6-14(19)11-7-10(16)1-3-12(11)17/h1-5,7,14,19H,6H2. The van der Waals surface area contributed by atoms with Crippen LogP contribution in [0.2, 0.25) is 0 Å². The van der Waals surface area contributed by atoms with Crippen molar-refractivity contribution in [2.24, 2.45) is 0 Å². The monoisotopic (exact) mass is 450 g/mol. The van der Waals surface area contributed by atoms with Crippen LogP contribution in [0.1, 0.15) is 17.2 Å². The Kier molecular flexibility index (Phi) is 5.17. The lowest BCUT2D eigenvalue weighted by Gasteiger charge is -2.14. The molecule has 2 aromatic carbocycles. The molecule has 0 saturated heterocycles. The smallest absolute Gasteiger partial charge is 0.126 e. The van der Waals surface area contributed by atoms with Crippen LogP contribution in [-0.2, 0) is 6.42 Å². The van der Waals surface area contributed by atoms with Gasteiger partial charge < -0.3 is 5.11 Å². The van der Waals surface area contributed by atoms with Crippen molar-refractivity contribution in [3.63, 3.8) is 0 Å². The molecule has 1 unspecified atom stereocenters. The Labute approximate surface area is 136 Å². The molecule has 0 heterocycles. The number of benzene rings is 2. The Morgan fingerprint density at radius 2 is 1.63 bits per heavy atom. The summed E-state index contributed by atoms with van der Waals surface area (Å²) >= 11 is 10.1. The second kappa shape index (κ2) is 6.48. The Morgan fingerprint density at radius 3 is 2.37 bits per heavy atom. The van der Waals surface area contributed by atoms with E-state index in [4.69, 9.17) is 0 Å². The van der Waals surface area contributed by atoms with Crippen LogP contribution in [0.25, 0.3) is 0 Å². The van der Waals surface area contributed by atoms with E-state index in [2.05, 4.69) is 47.8 Å². The summed E-state index contributed by atoms with van der Waals surface area (Å²) in [5, 5.41) is 10.3. The topological polar surface area (TPSA) is 20.2 Å². The summed E-state index contributed by atoms with van der Waals surface area (Å²) < 4.78 is 16.1. The van der Waals surface area contributed by atoms with Crippen molar-refractivity contribution in [2.45, 2.75) is 12.5 Å². The van der Waals surface area contributed by atoms with Crippen LogP contribution in [0, 0.1) is 5.82 Å². The fourth-order valence-electron chi connectivity index (χ4n) is 1.79. The van der Waals surface area contributed by atoms with Crippen molar-refractivity contribution >= 4 is 47.8 Å². The van der Waals surface area contributed by atoms with Gasteiger partial charge in [0.05, 0.1) is 6.10 Å². The van der Waals surface area contributed by atoms with Crippen LogP contribution in [0.5, 0.6) is 0 Å². The van der Waals surface area contributed by atoms with E-state index in [9.17, 15) is 9.50 Å². The van der Waals surface area contributed by atoms with E-state index >= 15 is 0 Å². The van der Waals surface area contributed by atoms with Crippen molar-refractivity contribution in [1.29, 1.82) is 0 Å². The van der Waals surface area contributed by atoms with Gasteiger partial charge in [0.15, 0.2) is 0 Å². The molecule has 1 atom stereocenters. The minimum absolute atomic E-state index is 0.223. The first-order chi connectivity index (χ1) is 8.97. The molecule has 5 heteroatoms. The molecule has 0 aliphatic carbocycles. The number of hydrogen-bond acceptors (Lipinski definition) is 1. The molecule has 0 radical (unpaired) electrons. The minimum atomic E-state index is -0.768. The first-order valence-electron chi connectivity index (χ1n) is 5.54. The molecule has 0 fully saturated rings. The normalized spacial score (nSPS) is 12.5. The van der Waals surface area contributed by atoms with Gasteiger partial charge in [0.2, 0.25) is 0 Å². The third-order valence-electron chi connectivity index (χ3n) is 2.74. The SMILES string of the molecule is OC(Cc1cc(Br)ccc1F)c1cc(Br)ccc1Br. The quantitative estimate of drug-likeness (QED) is 0.662. The number of aliphatic hydroxyl groups excluding tert-OH is 1. The molecule has 100 valence electrons. The summed E-state index contributed by atoms with van der Waals surface area (Å²) in [4.78, 5) is 0. The predicted octanol–water partition coefficient (Wildman–Crippen LogP) is 5.39. The highest BCUT2D eigenvalue weighted by atomic mass is 79.9. The van der Waals surface area contributed by atoms with Crippen LogP contribution in [0.15, 0.2) is 49.8 Å². The van der Waals surface area contributed by atoms with Crippen LogP contribution >= 0.6 is 47.8 Å². The van der Waals surface area contributed by atoms with E-state index in [1.54, 1.807) is 12.1 Å². The summed E-state index contributed by atoms with van der Waals surface area (Å²) in [6, 6.07) is 10.3. The van der Waals surface area contributed by atoms with E-state index in [0.29, 0.717) is 5.56 Å². The predicted molar refractivity (Wildman–Crippen MR) is 84.6 cm³/mol. The largest absolute Gasteiger partial charge is 0.388 e. The lowest BCUT2D eigenvalue weighted by Crippen LogP contribution is -2.04. The van der Waals surface area contributed by atoms with Gasteiger partial charge in [-0.3, -0.25) is 0 Å². The molecular formula is C14H10Br3FO. The maximum Gasteiger partial charge on any atom is 0.126 e. The highest BCUT2D eigenvalue weighted by Gasteiger charge is 2.15. The highest BCUT2D eigenvalue weighted by molar-refractivity contribution is 9.11.